The molecule has 0 unspecified atom stereocenters. The Balaban J connectivity index is 0.00000185. The molecule has 12 heteroatoms. The van der Waals surface area contributed by atoms with Crippen molar-refractivity contribution < 1.29 is 4.79 Å². The lowest BCUT2D eigenvalue weighted by atomic mass is 9.92. The van der Waals surface area contributed by atoms with Gasteiger partial charge in [0, 0.05) is 47.8 Å². The number of fused-ring (bicyclic) bond motifs is 1. The van der Waals surface area contributed by atoms with Crippen LogP contribution in [0.2, 0.25) is 5.02 Å². The van der Waals surface area contributed by atoms with Crippen molar-refractivity contribution in [3.63, 3.8) is 0 Å². The number of nitrogens with zero attached hydrogens (tertiary/aromatic N) is 5. The molecule has 40 heavy (non-hydrogen) atoms. The minimum atomic E-state index is 0. The molecular formula is C28H39Cl3N8O. The molecule has 3 aliphatic rings. The summed E-state index contributed by atoms with van der Waals surface area (Å²) >= 11 is 6.10. The number of aromatic nitrogens is 4. The van der Waals surface area contributed by atoms with Crippen LogP contribution in [0.5, 0.6) is 0 Å². The van der Waals surface area contributed by atoms with E-state index in [4.69, 9.17) is 32.3 Å². The number of piperidine rings is 1. The molecule has 1 amide bonds. The number of amides is 1. The molecule has 2 aromatic heterocycles. The summed E-state index contributed by atoms with van der Waals surface area (Å²) in [6.45, 7) is 1.36. The summed E-state index contributed by atoms with van der Waals surface area (Å²) < 4.78 is 2.25. The summed E-state index contributed by atoms with van der Waals surface area (Å²) in [5, 5.41) is 7.86. The van der Waals surface area contributed by atoms with Gasteiger partial charge in [-0.3, -0.25) is 4.79 Å². The summed E-state index contributed by atoms with van der Waals surface area (Å²) in [7, 11) is 0. The molecule has 3 aromatic rings. The number of rotatable bonds is 6. The summed E-state index contributed by atoms with van der Waals surface area (Å²) in [4.78, 5) is 29.5. The highest BCUT2D eigenvalue weighted by molar-refractivity contribution is 6.30. The zero-order chi connectivity index (χ0) is 26.1. The Labute approximate surface area is 252 Å². The zero-order valence-electron chi connectivity index (χ0n) is 22.6. The molecule has 1 saturated heterocycles. The van der Waals surface area contributed by atoms with Crippen LogP contribution in [0.25, 0.3) is 11.2 Å². The van der Waals surface area contributed by atoms with Crippen molar-refractivity contribution in [1.82, 2.24) is 24.4 Å². The number of likely N-dealkylation sites (tertiary alicyclic amines) is 1. The first-order valence-corrected chi connectivity index (χ1v) is 14.5. The second-order valence-corrected chi connectivity index (χ2v) is 11.6. The van der Waals surface area contributed by atoms with Crippen LogP contribution < -0.4 is 16.4 Å². The van der Waals surface area contributed by atoms with Gasteiger partial charge in [0.1, 0.15) is 0 Å². The van der Waals surface area contributed by atoms with Crippen molar-refractivity contribution >= 4 is 65.3 Å². The number of hydrogen-bond donors (Lipinski definition) is 3. The van der Waals surface area contributed by atoms with Gasteiger partial charge in [0.05, 0.1) is 6.33 Å². The van der Waals surface area contributed by atoms with Crippen LogP contribution in [0.4, 0.5) is 11.8 Å². The molecule has 1 aromatic carbocycles. The van der Waals surface area contributed by atoms with E-state index in [0.717, 1.165) is 55.5 Å². The Morgan fingerprint density at radius 3 is 2.33 bits per heavy atom. The van der Waals surface area contributed by atoms with E-state index in [1.165, 1.54) is 25.7 Å². The van der Waals surface area contributed by atoms with Crippen molar-refractivity contribution in [3.05, 3.63) is 41.2 Å². The van der Waals surface area contributed by atoms with Gasteiger partial charge in [0.2, 0.25) is 5.95 Å². The third kappa shape index (κ3) is 6.75. The van der Waals surface area contributed by atoms with Crippen LogP contribution in [0, 0.1) is 0 Å². The van der Waals surface area contributed by atoms with Gasteiger partial charge in [-0.2, -0.15) is 9.97 Å². The fraction of sp³-hybridized carbons (Fsp3) is 0.571. The smallest absolute Gasteiger partial charge is 0.253 e. The quantitative estimate of drug-likeness (QED) is 0.322. The monoisotopic (exact) mass is 608 g/mol. The van der Waals surface area contributed by atoms with Crippen LogP contribution in [0.15, 0.2) is 30.6 Å². The maximum absolute atomic E-state index is 13.0. The highest BCUT2D eigenvalue weighted by Crippen LogP contribution is 2.34. The lowest BCUT2D eigenvalue weighted by Gasteiger charge is -2.33. The van der Waals surface area contributed by atoms with Gasteiger partial charge in [-0.1, -0.05) is 30.5 Å². The molecule has 9 nitrogen and oxygen atoms in total. The van der Waals surface area contributed by atoms with Gasteiger partial charge in [-0.25, -0.2) is 4.98 Å². The maximum Gasteiger partial charge on any atom is 0.253 e. The first-order chi connectivity index (χ1) is 18.5. The van der Waals surface area contributed by atoms with E-state index in [2.05, 4.69) is 15.2 Å². The number of imidazole rings is 1. The third-order valence-corrected chi connectivity index (χ3v) is 8.67. The Kier molecular flexibility index (Phi) is 10.4. The van der Waals surface area contributed by atoms with Crippen LogP contribution in [-0.2, 0) is 0 Å². The van der Waals surface area contributed by atoms with E-state index in [9.17, 15) is 4.79 Å². The fourth-order valence-corrected chi connectivity index (χ4v) is 6.39. The molecule has 2 saturated carbocycles. The Hall–Kier alpha value is -2.33. The summed E-state index contributed by atoms with van der Waals surface area (Å²) in [5.41, 5.74) is 8.49. The molecular weight excluding hydrogens is 571 g/mol. The molecule has 0 radical (unpaired) electrons. The lowest BCUT2D eigenvalue weighted by Crippen LogP contribution is -2.42. The third-order valence-electron chi connectivity index (χ3n) is 8.44. The predicted molar refractivity (Wildman–Crippen MR) is 165 cm³/mol. The average molecular weight is 610 g/mol. The number of nitrogens with two attached hydrogens (primary N) is 1. The van der Waals surface area contributed by atoms with Crippen molar-refractivity contribution in [2.75, 3.05) is 23.7 Å². The molecule has 2 aliphatic carbocycles. The molecule has 3 heterocycles. The number of carbonyl (C=O) groups is 1. The minimum absolute atomic E-state index is 0. The van der Waals surface area contributed by atoms with Gasteiger partial charge < -0.3 is 25.8 Å². The molecule has 1 aliphatic heterocycles. The highest BCUT2D eigenvalue weighted by Gasteiger charge is 2.27. The van der Waals surface area contributed by atoms with Gasteiger partial charge in [-0.15, -0.1) is 24.8 Å². The molecule has 4 N–H and O–H groups in total. The van der Waals surface area contributed by atoms with Crippen LogP contribution in [0.3, 0.4) is 0 Å². The average Bonchev–Trinajstić information content (AvgIpc) is 3.60. The summed E-state index contributed by atoms with van der Waals surface area (Å²) in [5.74, 6) is 1.47. The Bertz CT molecular complexity index is 1280. The molecule has 6 rings (SSSR count). The number of benzene rings is 1. The standard InChI is InChI=1S/C28H37ClN8O.2ClH/c29-19-5-3-4-18(16-19)27(38)36-14-12-22(13-15-36)32-25-24-26(37(17-31-24)23-6-1-2-7-23)35-28(34-25)33-21-10-8-20(30)9-11-21;;/h3-5,16-17,20-23H,1-2,6-15,30H2,(H2,32,33,34,35);2*1H/t20-,21-;;. The van der Waals surface area contributed by atoms with Crippen molar-refractivity contribution in [1.29, 1.82) is 0 Å². The van der Waals surface area contributed by atoms with Crippen molar-refractivity contribution in [3.8, 4) is 0 Å². The largest absolute Gasteiger partial charge is 0.365 e. The van der Waals surface area contributed by atoms with E-state index in [-0.39, 0.29) is 36.8 Å². The maximum atomic E-state index is 13.0. The molecule has 0 spiro atoms. The number of carbonyl (C=O) groups excluding carboxylic acids is 1. The van der Waals surface area contributed by atoms with E-state index in [1.807, 2.05) is 23.4 Å². The van der Waals surface area contributed by atoms with Gasteiger partial charge in [-0.05, 0) is 69.6 Å². The first-order valence-electron chi connectivity index (χ1n) is 14.1. The fourth-order valence-electron chi connectivity index (χ4n) is 6.20. The minimum Gasteiger partial charge on any atom is -0.365 e. The number of halogens is 3. The van der Waals surface area contributed by atoms with Gasteiger partial charge >= 0.3 is 0 Å². The molecule has 0 bridgehead atoms. The molecule has 3 fully saturated rings. The van der Waals surface area contributed by atoms with Crippen LogP contribution in [-0.4, -0.2) is 61.5 Å². The number of nitrogens with one attached hydrogen (secondary N) is 2. The van der Waals surface area contributed by atoms with Gasteiger partial charge in [0.25, 0.3) is 5.91 Å². The predicted octanol–water partition coefficient (Wildman–Crippen LogP) is 5.84. The number of anilines is 2. The second kappa shape index (κ2) is 13.6. The zero-order valence-corrected chi connectivity index (χ0v) is 25.0. The number of hydrogen-bond acceptors (Lipinski definition) is 7. The van der Waals surface area contributed by atoms with E-state index in [1.54, 1.807) is 12.1 Å². The Morgan fingerprint density at radius 1 is 0.925 bits per heavy atom. The van der Waals surface area contributed by atoms with Crippen LogP contribution in [0.1, 0.15) is 80.6 Å². The normalized spacial score (nSPS) is 22.0. The van der Waals surface area contributed by atoms with E-state index < -0.39 is 0 Å². The van der Waals surface area contributed by atoms with Crippen molar-refractivity contribution in [2.24, 2.45) is 5.73 Å². The highest BCUT2D eigenvalue weighted by atomic mass is 35.5. The second-order valence-electron chi connectivity index (χ2n) is 11.1. The van der Waals surface area contributed by atoms with Crippen molar-refractivity contribution in [2.45, 2.75) is 88.4 Å². The molecule has 218 valence electrons. The van der Waals surface area contributed by atoms with E-state index in [0.29, 0.717) is 47.7 Å². The van der Waals surface area contributed by atoms with Gasteiger partial charge in [0.15, 0.2) is 17.0 Å². The van der Waals surface area contributed by atoms with E-state index >= 15 is 0 Å². The first kappa shape index (κ1) is 30.6. The topological polar surface area (TPSA) is 114 Å². The molecule has 0 atom stereocenters. The summed E-state index contributed by atoms with van der Waals surface area (Å²) in [6, 6.07) is 8.46. The van der Waals surface area contributed by atoms with Crippen LogP contribution >= 0.6 is 36.4 Å². The Morgan fingerprint density at radius 2 is 1.62 bits per heavy atom. The summed E-state index contributed by atoms with van der Waals surface area (Å²) in [6.07, 6.45) is 12.6. The lowest BCUT2D eigenvalue weighted by molar-refractivity contribution is 0.0718. The SMILES string of the molecule is Cl.Cl.N[C@H]1CC[C@H](Nc2nc(NC3CCN(C(=O)c4cccc(Cl)c4)CC3)c3ncn(C4CCCC4)c3n2)CC1.